The van der Waals surface area contributed by atoms with Crippen molar-refractivity contribution >= 4 is 38.4 Å². The number of hydrogen-bond donors (Lipinski definition) is 2. The Morgan fingerprint density at radius 1 is 1.06 bits per heavy atom. The molecule has 1 heterocycles. The number of nitrogens with zero attached hydrogens (tertiary/aromatic N) is 1. The summed E-state index contributed by atoms with van der Waals surface area (Å²) < 4.78 is 32.2. The van der Waals surface area contributed by atoms with Crippen molar-refractivity contribution in [2.24, 2.45) is 4.99 Å². The van der Waals surface area contributed by atoms with Gasteiger partial charge in [-0.15, -0.1) is 0 Å². The van der Waals surface area contributed by atoms with Crippen molar-refractivity contribution in [3.8, 4) is 5.75 Å². The largest absolute Gasteiger partial charge is 0.489 e. The van der Waals surface area contributed by atoms with Crippen LogP contribution in [0.4, 0.5) is 5.69 Å². The lowest BCUT2D eigenvalue weighted by Crippen LogP contribution is -2.18. The van der Waals surface area contributed by atoms with E-state index in [1.54, 1.807) is 48.2 Å². The van der Waals surface area contributed by atoms with Crippen LogP contribution in [-0.2, 0) is 21.2 Å². The summed E-state index contributed by atoms with van der Waals surface area (Å²) in [6, 6.07) is 23.0. The molecule has 0 amide bonds. The lowest BCUT2D eigenvalue weighted by molar-refractivity contribution is -0.137. The van der Waals surface area contributed by atoms with Gasteiger partial charge in [0.2, 0.25) is 0 Å². The van der Waals surface area contributed by atoms with E-state index in [2.05, 4.69) is 10.3 Å². The van der Waals surface area contributed by atoms with Crippen LogP contribution >= 0.6 is 11.8 Å². The molecule has 0 spiro atoms. The highest BCUT2D eigenvalue weighted by atomic mass is 32.2. The third-order valence-corrected chi connectivity index (χ3v) is 8.50. The number of nitrogens with one attached hydrogen (secondary N) is 1. The van der Waals surface area contributed by atoms with Crippen molar-refractivity contribution in [2.75, 3.05) is 23.4 Å². The van der Waals surface area contributed by atoms with Gasteiger partial charge in [-0.25, -0.2) is 8.42 Å². The molecule has 3 aromatic rings. The molecule has 0 bridgehead atoms. The first-order valence-corrected chi connectivity index (χ1v) is 14.3. The third-order valence-electron chi connectivity index (χ3n) is 5.68. The van der Waals surface area contributed by atoms with Crippen LogP contribution in [0.1, 0.15) is 29.9 Å². The molecule has 1 aliphatic heterocycles. The van der Waals surface area contributed by atoms with E-state index in [-0.39, 0.29) is 23.7 Å². The van der Waals surface area contributed by atoms with Gasteiger partial charge in [-0.1, -0.05) is 60.3 Å². The Labute approximate surface area is 215 Å². The highest BCUT2D eigenvalue weighted by Crippen LogP contribution is 2.27. The Kier molecular flexibility index (Phi) is 8.66. The van der Waals surface area contributed by atoms with Gasteiger partial charge < -0.3 is 15.2 Å². The van der Waals surface area contributed by atoms with Crippen LogP contribution in [0.25, 0.3) is 0 Å². The molecule has 0 aliphatic carbocycles. The molecule has 2 N–H and O–H groups in total. The van der Waals surface area contributed by atoms with Crippen LogP contribution in [0.15, 0.2) is 88.8 Å². The number of thioether (sulfide) groups is 1. The second-order valence-electron chi connectivity index (χ2n) is 8.46. The maximum absolute atomic E-state index is 13.2. The zero-order valence-corrected chi connectivity index (χ0v) is 21.3. The molecule has 1 aliphatic rings. The van der Waals surface area contributed by atoms with E-state index in [1.807, 2.05) is 30.3 Å². The minimum Gasteiger partial charge on any atom is -0.489 e. The minimum atomic E-state index is -3.74. The molecule has 1 atom stereocenters. The van der Waals surface area contributed by atoms with Gasteiger partial charge in [0, 0.05) is 23.9 Å². The fourth-order valence-corrected chi connectivity index (χ4v) is 6.29. The number of benzene rings is 3. The van der Waals surface area contributed by atoms with Crippen molar-refractivity contribution < 1.29 is 23.1 Å². The first kappa shape index (κ1) is 25.8. The molecule has 0 radical (unpaired) electrons. The summed E-state index contributed by atoms with van der Waals surface area (Å²) in [7, 11) is -3.74. The van der Waals surface area contributed by atoms with E-state index < -0.39 is 21.7 Å². The number of ether oxygens (including phenoxy) is 1. The second kappa shape index (κ2) is 12.1. The molecule has 0 saturated carbocycles. The average Bonchev–Trinajstić information content (AvgIpc) is 2.89. The van der Waals surface area contributed by atoms with Gasteiger partial charge in [0.05, 0.1) is 17.1 Å². The predicted octanol–water partition coefficient (Wildman–Crippen LogP) is 5.20. The summed E-state index contributed by atoms with van der Waals surface area (Å²) >= 11 is 1.71. The Morgan fingerprint density at radius 2 is 1.83 bits per heavy atom. The van der Waals surface area contributed by atoms with E-state index in [0.717, 1.165) is 35.1 Å². The van der Waals surface area contributed by atoms with Crippen LogP contribution in [-0.4, -0.2) is 42.7 Å². The van der Waals surface area contributed by atoms with Gasteiger partial charge >= 0.3 is 5.97 Å². The van der Waals surface area contributed by atoms with Crippen molar-refractivity contribution in [1.29, 1.82) is 0 Å². The Bertz CT molecular complexity index is 1310. The fourth-order valence-electron chi connectivity index (χ4n) is 3.84. The summed E-state index contributed by atoms with van der Waals surface area (Å²) in [5.41, 5.74) is 2.58. The summed E-state index contributed by atoms with van der Waals surface area (Å²) in [6.07, 6.45) is 0.834. The number of aliphatic imine (C=N–C) groups is 1. The number of carbonyl (C=O) groups is 1. The fraction of sp³-hybridized carbons (Fsp3) is 0.259. The highest BCUT2D eigenvalue weighted by molar-refractivity contribution is 8.14. The van der Waals surface area contributed by atoms with Gasteiger partial charge in [0.15, 0.2) is 15.0 Å². The topological polar surface area (TPSA) is 105 Å². The molecule has 9 heteroatoms. The molecular formula is C27H28N2O5S2. The third kappa shape index (κ3) is 7.35. The molecule has 1 unspecified atom stereocenters. The van der Waals surface area contributed by atoms with Gasteiger partial charge in [0.1, 0.15) is 12.4 Å². The standard InChI is InChI=1S/C27H28N2O5S2/c30-26(31)16-22(21-6-2-1-3-7-21)19-36(32,33)25-9-4-8-24(17-25)34-18-20-10-12-23(13-11-20)29-27-28-14-5-15-35-27/h1-4,6-13,17,22H,5,14-16,18-19H2,(H,28,29)(H,30,31). The van der Waals surface area contributed by atoms with Crippen LogP contribution in [0.2, 0.25) is 0 Å². The monoisotopic (exact) mass is 524 g/mol. The molecule has 7 nitrogen and oxygen atoms in total. The number of amidine groups is 1. The van der Waals surface area contributed by atoms with Crippen molar-refractivity contribution in [2.45, 2.75) is 30.3 Å². The molecule has 0 saturated heterocycles. The molecule has 0 fully saturated rings. The number of hydrogen-bond acceptors (Lipinski definition) is 7. The normalized spacial score (nSPS) is 14.5. The SMILES string of the molecule is O=C(O)CC(CS(=O)(=O)c1cccc(OCc2ccc(NC3=NCCCS3)cc2)c1)c1ccccc1. The van der Waals surface area contributed by atoms with E-state index in [9.17, 15) is 18.3 Å². The average molecular weight is 525 g/mol. The summed E-state index contributed by atoms with van der Waals surface area (Å²) in [6.45, 7) is 1.13. The van der Waals surface area contributed by atoms with Gasteiger partial charge in [-0.3, -0.25) is 9.79 Å². The number of rotatable bonds is 10. The smallest absolute Gasteiger partial charge is 0.303 e. The predicted molar refractivity (Wildman–Crippen MR) is 144 cm³/mol. The molecule has 4 rings (SSSR count). The quantitative estimate of drug-likeness (QED) is 0.375. The van der Waals surface area contributed by atoms with Gasteiger partial charge in [-0.2, -0.15) is 0 Å². The maximum Gasteiger partial charge on any atom is 0.303 e. The number of aliphatic carboxylic acids is 1. The van der Waals surface area contributed by atoms with Crippen molar-refractivity contribution in [3.05, 3.63) is 90.0 Å². The summed E-state index contributed by atoms with van der Waals surface area (Å²) in [5.74, 6) is -0.490. The lowest BCUT2D eigenvalue weighted by Gasteiger charge is -2.16. The van der Waals surface area contributed by atoms with Crippen molar-refractivity contribution in [3.63, 3.8) is 0 Å². The first-order valence-electron chi connectivity index (χ1n) is 11.6. The summed E-state index contributed by atoms with van der Waals surface area (Å²) in [4.78, 5) is 15.9. The summed E-state index contributed by atoms with van der Waals surface area (Å²) in [5, 5.41) is 13.6. The van der Waals surface area contributed by atoms with Gasteiger partial charge in [-0.05, 0) is 47.9 Å². The zero-order valence-electron chi connectivity index (χ0n) is 19.7. The maximum atomic E-state index is 13.2. The number of sulfone groups is 1. The Hall–Kier alpha value is -3.30. The highest BCUT2D eigenvalue weighted by Gasteiger charge is 2.25. The van der Waals surface area contributed by atoms with E-state index >= 15 is 0 Å². The van der Waals surface area contributed by atoms with Crippen LogP contribution in [0.5, 0.6) is 5.75 Å². The molecular weight excluding hydrogens is 496 g/mol. The first-order chi connectivity index (χ1) is 17.4. The second-order valence-corrected chi connectivity index (χ2v) is 11.6. The lowest BCUT2D eigenvalue weighted by atomic mass is 9.98. The number of anilines is 1. The molecule has 188 valence electrons. The van der Waals surface area contributed by atoms with E-state index in [0.29, 0.717) is 11.3 Å². The minimum absolute atomic E-state index is 0.108. The van der Waals surface area contributed by atoms with Gasteiger partial charge in [0.25, 0.3) is 0 Å². The molecule has 3 aromatic carbocycles. The Balaban J connectivity index is 1.40. The molecule has 0 aromatic heterocycles. The van der Waals surface area contributed by atoms with Crippen molar-refractivity contribution in [1.82, 2.24) is 0 Å². The zero-order chi connectivity index (χ0) is 25.4. The Morgan fingerprint density at radius 3 is 2.53 bits per heavy atom. The molecule has 36 heavy (non-hydrogen) atoms. The van der Waals surface area contributed by atoms with E-state index in [4.69, 9.17) is 4.74 Å². The number of carboxylic acid groups (broad SMARTS) is 1. The number of carboxylic acids is 1. The van der Waals surface area contributed by atoms with Crippen LogP contribution in [0.3, 0.4) is 0 Å². The van der Waals surface area contributed by atoms with Crippen LogP contribution < -0.4 is 10.1 Å². The van der Waals surface area contributed by atoms with Crippen LogP contribution in [0, 0.1) is 0 Å². The van der Waals surface area contributed by atoms with E-state index in [1.165, 1.54) is 12.1 Å².